The molecule has 0 aliphatic carbocycles. The van der Waals surface area contributed by atoms with E-state index in [2.05, 4.69) is 5.32 Å². The number of likely N-dealkylation sites (tertiary alicyclic amines) is 1. The summed E-state index contributed by atoms with van der Waals surface area (Å²) in [6.07, 6.45) is 7.36. The van der Waals surface area contributed by atoms with Crippen molar-refractivity contribution in [3.05, 3.63) is 64.0 Å². The highest BCUT2D eigenvalue weighted by Gasteiger charge is 2.29. The summed E-state index contributed by atoms with van der Waals surface area (Å²) in [7, 11) is 0. The standard InChI is InChI=1S/C19H20Cl2N2O2/c20-15-7-5-14(12-16(15)21)6-8-19(24)22-13-17(18-4-3-11-25-18)23-9-1-2-10-23/h3-8,11-12,17H,1-2,9-10,13H2,(H,22,24)/p+1/b8-6+/t17-/m0/s1. The molecule has 3 rings (SSSR count). The topological polar surface area (TPSA) is 46.7 Å². The number of carbonyl (C=O) groups is 1. The van der Waals surface area contributed by atoms with Crippen LogP contribution in [0.1, 0.15) is 30.2 Å². The quantitative estimate of drug-likeness (QED) is 0.757. The Bertz CT molecular complexity index is 738. The van der Waals surface area contributed by atoms with Crippen molar-refractivity contribution >= 4 is 35.2 Å². The van der Waals surface area contributed by atoms with Crippen molar-refractivity contribution in [2.24, 2.45) is 0 Å². The Morgan fingerprint density at radius 2 is 2.04 bits per heavy atom. The highest BCUT2D eigenvalue weighted by atomic mass is 35.5. The number of halogens is 2. The number of amides is 1. The molecule has 2 N–H and O–H groups in total. The lowest BCUT2D eigenvalue weighted by Crippen LogP contribution is -3.11. The first kappa shape index (κ1) is 18.1. The van der Waals surface area contributed by atoms with E-state index in [-0.39, 0.29) is 11.9 Å². The summed E-state index contributed by atoms with van der Waals surface area (Å²) < 4.78 is 5.58. The molecule has 1 aliphatic heterocycles. The Balaban J connectivity index is 1.59. The lowest BCUT2D eigenvalue weighted by molar-refractivity contribution is -0.919. The Morgan fingerprint density at radius 1 is 1.24 bits per heavy atom. The molecule has 132 valence electrons. The van der Waals surface area contributed by atoms with Crippen LogP contribution in [0, 0.1) is 0 Å². The summed E-state index contributed by atoms with van der Waals surface area (Å²) in [5.41, 5.74) is 0.831. The third-order valence-corrected chi connectivity index (χ3v) is 5.22. The zero-order valence-corrected chi connectivity index (χ0v) is 15.3. The summed E-state index contributed by atoms with van der Waals surface area (Å²) in [5.74, 6) is 0.784. The van der Waals surface area contributed by atoms with Gasteiger partial charge in [0.05, 0.1) is 35.9 Å². The Labute approximate surface area is 157 Å². The molecule has 2 aromatic rings. The van der Waals surface area contributed by atoms with E-state index in [0.29, 0.717) is 16.6 Å². The first-order chi connectivity index (χ1) is 12.1. The average Bonchev–Trinajstić information content (AvgIpc) is 3.30. The zero-order valence-electron chi connectivity index (χ0n) is 13.8. The molecule has 2 heterocycles. The van der Waals surface area contributed by atoms with E-state index < -0.39 is 0 Å². The molecule has 1 atom stereocenters. The highest BCUT2D eigenvalue weighted by Crippen LogP contribution is 2.23. The molecule has 1 aromatic heterocycles. The molecule has 1 fully saturated rings. The fraction of sp³-hybridized carbons (Fsp3) is 0.316. The number of rotatable bonds is 6. The maximum atomic E-state index is 12.2. The number of hydrogen-bond donors (Lipinski definition) is 2. The minimum absolute atomic E-state index is 0.138. The predicted molar refractivity (Wildman–Crippen MR) is 99.9 cm³/mol. The Hall–Kier alpha value is -1.75. The monoisotopic (exact) mass is 379 g/mol. The minimum atomic E-state index is -0.138. The van der Waals surface area contributed by atoms with Gasteiger partial charge in [0.2, 0.25) is 5.91 Å². The van der Waals surface area contributed by atoms with E-state index in [1.54, 1.807) is 24.5 Å². The minimum Gasteiger partial charge on any atom is -0.463 e. The van der Waals surface area contributed by atoms with Crippen molar-refractivity contribution in [2.75, 3.05) is 19.6 Å². The van der Waals surface area contributed by atoms with Gasteiger partial charge in [-0.3, -0.25) is 4.79 Å². The number of benzene rings is 1. The van der Waals surface area contributed by atoms with Gasteiger partial charge in [0, 0.05) is 18.9 Å². The van der Waals surface area contributed by atoms with Gasteiger partial charge in [-0.1, -0.05) is 29.3 Å². The molecule has 1 saturated heterocycles. The van der Waals surface area contributed by atoms with Crippen LogP contribution in [-0.4, -0.2) is 25.5 Å². The van der Waals surface area contributed by atoms with Gasteiger partial charge in [-0.05, 0) is 35.9 Å². The van der Waals surface area contributed by atoms with Crippen molar-refractivity contribution in [2.45, 2.75) is 18.9 Å². The van der Waals surface area contributed by atoms with Gasteiger partial charge >= 0.3 is 0 Å². The Kier molecular flexibility index (Phi) is 6.19. The van der Waals surface area contributed by atoms with Gasteiger partial charge in [0.1, 0.15) is 0 Å². The van der Waals surface area contributed by atoms with E-state index in [1.807, 2.05) is 18.2 Å². The number of quaternary nitrogens is 1. The second-order valence-electron chi connectivity index (χ2n) is 6.19. The number of furan rings is 1. The summed E-state index contributed by atoms with van der Waals surface area (Å²) in [4.78, 5) is 13.6. The van der Waals surface area contributed by atoms with E-state index >= 15 is 0 Å². The molecular weight excluding hydrogens is 359 g/mol. The van der Waals surface area contributed by atoms with Gasteiger partial charge in [0.15, 0.2) is 11.8 Å². The Morgan fingerprint density at radius 3 is 2.72 bits per heavy atom. The van der Waals surface area contributed by atoms with E-state index in [4.69, 9.17) is 27.6 Å². The van der Waals surface area contributed by atoms with Crippen LogP contribution in [0.2, 0.25) is 10.0 Å². The fourth-order valence-corrected chi connectivity index (χ4v) is 3.47. The van der Waals surface area contributed by atoms with Crippen molar-refractivity contribution in [1.29, 1.82) is 0 Å². The van der Waals surface area contributed by atoms with Crippen LogP contribution >= 0.6 is 23.2 Å². The van der Waals surface area contributed by atoms with Crippen molar-refractivity contribution < 1.29 is 14.1 Å². The third-order valence-electron chi connectivity index (χ3n) is 4.48. The van der Waals surface area contributed by atoms with Gasteiger partial charge in [-0.2, -0.15) is 0 Å². The molecular formula is C19H21Cl2N2O2+. The molecule has 0 saturated carbocycles. The van der Waals surface area contributed by atoms with Crippen LogP contribution in [0.5, 0.6) is 0 Å². The molecule has 0 spiro atoms. The summed E-state index contributed by atoms with van der Waals surface area (Å²) >= 11 is 11.9. The molecule has 6 heteroatoms. The maximum Gasteiger partial charge on any atom is 0.244 e. The molecule has 0 radical (unpaired) electrons. The van der Waals surface area contributed by atoms with Crippen LogP contribution in [0.4, 0.5) is 0 Å². The zero-order chi connectivity index (χ0) is 17.6. The molecule has 1 amide bonds. The van der Waals surface area contributed by atoms with Crippen LogP contribution in [-0.2, 0) is 4.79 Å². The van der Waals surface area contributed by atoms with E-state index in [1.165, 1.54) is 23.8 Å². The van der Waals surface area contributed by atoms with Crippen molar-refractivity contribution in [1.82, 2.24) is 5.32 Å². The van der Waals surface area contributed by atoms with Gasteiger partial charge < -0.3 is 14.6 Å². The summed E-state index contributed by atoms with van der Waals surface area (Å²) in [6.45, 7) is 2.77. The predicted octanol–water partition coefficient (Wildman–Crippen LogP) is 3.14. The largest absolute Gasteiger partial charge is 0.463 e. The SMILES string of the molecule is O=C(/C=C/c1ccc(Cl)c(Cl)c1)NC[C@@H](c1ccco1)[NH+]1CCCC1. The third kappa shape index (κ3) is 4.88. The van der Waals surface area contributed by atoms with Crippen molar-refractivity contribution in [3.63, 3.8) is 0 Å². The maximum absolute atomic E-state index is 12.2. The first-order valence-corrected chi connectivity index (χ1v) is 9.18. The van der Waals surface area contributed by atoms with Crippen LogP contribution in [0.15, 0.2) is 47.1 Å². The first-order valence-electron chi connectivity index (χ1n) is 8.42. The summed E-state index contributed by atoms with van der Waals surface area (Å²) in [6, 6.07) is 9.29. The van der Waals surface area contributed by atoms with Crippen LogP contribution in [0.25, 0.3) is 6.08 Å². The number of hydrogen-bond acceptors (Lipinski definition) is 2. The van der Waals surface area contributed by atoms with Crippen LogP contribution in [0.3, 0.4) is 0 Å². The fourth-order valence-electron chi connectivity index (χ4n) is 3.16. The number of nitrogens with one attached hydrogen (secondary N) is 2. The molecule has 0 unspecified atom stereocenters. The molecule has 0 bridgehead atoms. The summed E-state index contributed by atoms with van der Waals surface area (Å²) in [5, 5.41) is 3.95. The van der Waals surface area contributed by atoms with Gasteiger partial charge in [-0.15, -0.1) is 0 Å². The highest BCUT2D eigenvalue weighted by molar-refractivity contribution is 6.42. The van der Waals surface area contributed by atoms with E-state index in [0.717, 1.165) is 24.4 Å². The van der Waals surface area contributed by atoms with Gasteiger partial charge in [-0.25, -0.2) is 0 Å². The molecule has 25 heavy (non-hydrogen) atoms. The number of carbonyl (C=O) groups excluding carboxylic acids is 1. The van der Waals surface area contributed by atoms with Gasteiger partial charge in [0.25, 0.3) is 0 Å². The second kappa shape index (κ2) is 8.56. The smallest absolute Gasteiger partial charge is 0.244 e. The molecule has 4 nitrogen and oxygen atoms in total. The molecule has 1 aliphatic rings. The van der Waals surface area contributed by atoms with Crippen molar-refractivity contribution in [3.8, 4) is 0 Å². The van der Waals surface area contributed by atoms with Crippen LogP contribution < -0.4 is 10.2 Å². The normalized spacial score (nSPS) is 16.4. The lowest BCUT2D eigenvalue weighted by Gasteiger charge is -2.22. The average molecular weight is 380 g/mol. The van der Waals surface area contributed by atoms with E-state index in [9.17, 15) is 4.79 Å². The lowest BCUT2D eigenvalue weighted by atomic mass is 10.2. The second-order valence-corrected chi connectivity index (χ2v) is 7.00. The molecule has 1 aromatic carbocycles.